The largest absolute Gasteiger partial charge is 0.390 e. The SMILES string of the molecule is CCCCC(C)(N)NSc1c(N)sc2c1CCN(O)C2. The number of nitrogen functional groups attached to an aromatic ring is 1. The minimum atomic E-state index is -0.389. The summed E-state index contributed by atoms with van der Waals surface area (Å²) in [4.78, 5) is 2.25. The molecule has 1 aliphatic heterocycles. The van der Waals surface area contributed by atoms with Crippen molar-refractivity contribution in [2.24, 2.45) is 5.73 Å². The summed E-state index contributed by atoms with van der Waals surface area (Å²) in [5, 5.41) is 11.7. The van der Waals surface area contributed by atoms with Gasteiger partial charge in [0.2, 0.25) is 0 Å². The van der Waals surface area contributed by atoms with Crippen LogP contribution >= 0.6 is 23.3 Å². The van der Waals surface area contributed by atoms with E-state index in [1.54, 1.807) is 11.3 Å². The number of nitrogens with two attached hydrogens (primary N) is 2. The van der Waals surface area contributed by atoms with Gasteiger partial charge >= 0.3 is 0 Å². The molecule has 1 atom stereocenters. The van der Waals surface area contributed by atoms with E-state index in [0.717, 1.165) is 40.5 Å². The Morgan fingerprint density at radius 2 is 2.30 bits per heavy atom. The summed E-state index contributed by atoms with van der Waals surface area (Å²) in [5.41, 5.74) is 13.2. The highest BCUT2D eigenvalue weighted by Crippen LogP contribution is 2.40. The van der Waals surface area contributed by atoms with Gasteiger partial charge in [-0.2, -0.15) is 5.06 Å². The van der Waals surface area contributed by atoms with Crippen LogP contribution in [0.2, 0.25) is 0 Å². The Bertz CT molecular complexity index is 461. The molecule has 0 saturated heterocycles. The first-order valence-corrected chi connectivity index (χ1v) is 8.63. The Balaban J connectivity index is 2.03. The summed E-state index contributed by atoms with van der Waals surface area (Å²) in [6.07, 6.45) is 4.02. The topological polar surface area (TPSA) is 87.5 Å². The van der Waals surface area contributed by atoms with Crippen molar-refractivity contribution in [2.45, 2.75) is 56.6 Å². The highest BCUT2D eigenvalue weighted by molar-refractivity contribution is 7.97. The summed E-state index contributed by atoms with van der Waals surface area (Å²) in [7, 11) is 0. The van der Waals surface area contributed by atoms with Crippen molar-refractivity contribution >= 4 is 28.3 Å². The van der Waals surface area contributed by atoms with E-state index in [4.69, 9.17) is 11.5 Å². The van der Waals surface area contributed by atoms with Crippen LogP contribution in [-0.4, -0.2) is 22.5 Å². The van der Waals surface area contributed by atoms with E-state index in [-0.39, 0.29) is 5.66 Å². The molecule has 7 heteroatoms. The molecule has 20 heavy (non-hydrogen) atoms. The average molecular weight is 316 g/mol. The molecule has 0 radical (unpaired) electrons. The molecule has 2 rings (SSSR count). The zero-order valence-electron chi connectivity index (χ0n) is 12.1. The fraction of sp³-hybridized carbons (Fsp3) is 0.692. The molecule has 6 N–H and O–H groups in total. The van der Waals surface area contributed by atoms with Gasteiger partial charge in [-0.25, -0.2) is 4.72 Å². The lowest BCUT2D eigenvalue weighted by atomic mass is 10.1. The fourth-order valence-electron chi connectivity index (χ4n) is 2.26. The second-order valence-electron chi connectivity index (χ2n) is 5.56. The second kappa shape index (κ2) is 6.64. The van der Waals surface area contributed by atoms with Gasteiger partial charge in [-0.05, 0) is 37.3 Å². The van der Waals surface area contributed by atoms with Gasteiger partial charge < -0.3 is 16.7 Å². The van der Waals surface area contributed by atoms with Crippen LogP contribution in [0.25, 0.3) is 0 Å². The van der Waals surface area contributed by atoms with Crippen LogP contribution in [0.1, 0.15) is 43.6 Å². The molecule has 0 aliphatic carbocycles. The average Bonchev–Trinajstić information content (AvgIpc) is 2.69. The number of hydrogen-bond acceptors (Lipinski definition) is 7. The third-order valence-corrected chi connectivity index (χ3v) is 5.86. The maximum absolute atomic E-state index is 9.57. The summed E-state index contributed by atoms with van der Waals surface area (Å²) in [5.74, 6) is 0. The van der Waals surface area contributed by atoms with Crippen LogP contribution in [0.4, 0.5) is 5.00 Å². The fourth-order valence-corrected chi connectivity index (χ4v) is 4.48. The first kappa shape index (κ1) is 16.1. The number of hydroxylamine groups is 2. The molecule has 0 fully saturated rings. The molecule has 0 bridgehead atoms. The van der Waals surface area contributed by atoms with E-state index >= 15 is 0 Å². The number of hydrogen-bond donors (Lipinski definition) is 4. The monoisotopic (exact) mass is 316 g/mol. The lowest BCUT2D eigenvalue weighted by Gasteiger charge is -2.26. The Morgan fingerprint density at radius 3 is 3.00 bits per heavy atom. The van der Waals surface area contributed by atoms with Gasteiger partial charge in [0.1, 0.15) is 5.00 Å². The van der Waals surface area contributed by atoms with Crippen molar-refractivity contribution in [2.75, 3.05) is 12.3 Å². The molecular formula is C13H24N4OS2. The number of rotatable bonds is 6. The molecule has 0 aromatic carbocycles. The van der Waals surface area contributed by atoms with Gasteiger partial charge in [-0.3, -0.25) is 0 Å². The molecule has 5 nitrogen and oxygen atoms in total. The smallest absolute Gasteiger partial charge is 0.101 e. The van der Waals surface area contributed by atoms with Gasteiger partial charge in [-0.15, -0.1) is 11.3 Å². The summed E-state index contributed by atoms with van der Waals surface area (Å²) in [6.45, 7) is 5.41. The molecule has 0 spiro atoms. The normalized spacial score (nSPS) is 18.8. The van der Waals surface area contributed by atoms with Crippen LogP contribution < -0.4 is 16.2 Å². The second-order valence-corrected chi connectivity index (χ2v) is 7.51. The van der Waals surface area contributed by atoms with E-state index in [1.165, 1.54) is 22.6 Å². The Morgan fingerprint density at radius 1 is 1.55 bits per heavy atom. The van der Waals surface area contributed by atoms with E-state index in [9.17, 15) is 5.21 Å². The first-order valence-electron chi connectivity index (χ1n) is 6.99. The maximum Gasteiger partial charge on any atom is 0.101 e. The number of nitrogens with zero attached hydrogens (tertiary/aromatic N) is 1. The van der Waals surface area contributed by atoms with Crippen molar-refractivity contribution in [3.8, 4) is 0 Å². The van der Waals surface area contributed by atoms with E-state index < -0.39 is 0 Å². The molecular weight excluding hydrogens is 292 g/mol. The van der Waals surface area contributed by atoms with Crippen molar-refractivity contribution < 1.29 is 5.21 Å². The van der Waals surface area contributed by atoms with Crippen molar-refractivity contribution in [3.05, 3.63) is 10.4 Å². The highest BCUT2D eigenvalue weighted by Gasteiger charge is 2.25. The summed E-state index contributed by atoms with van der Waals surface area (Å²) < 4.78 is 3.34. The minimum absolute atomic E-state index is 0.389. The van der Waals surface area contributed by atoms with Gasteiger partial charge in [0.25, 0.3) is 0 Å². The molecule has 0 amide bonds. The van der Waals surface area contributed by atoms with E-state index in [0.29, 0.717) is 13.1 Å². The number of thiophene rings is 1. The van der Waals surface area contributed by atoms with E-state index in [1.807, 2.05) is 6.92 Å². The number of anilines is 1. The number of nitrogens with one attached hydrogen (secondary N) is 1. The van der Waals surface area contributed by atoms with E-state index in [2.05, 4.69) is 11.6 Å². The quantitative estimate of drug-likeness (QED) is 0.476. The van der Waals surface area contributed by atoms with Gasteiger partial charge in [0.05, 0.1) is 17.1 Å². The van der Waals surface area contributed by atoms with Crippen LogP contribution in [-0.2, 0) is 13.0 Å². The third kappa shape index (κ3) is 3.87. The molecule has 2 heterocycles. The Hall–Kier alpha value is -0.310. The van der Waals surface area contributed by atoms with Gasteiger partial charge in [-0.1, -0.05) is 19.8 Å². The lowest BCUT2D eigenvalue weighted by molar-refractivity contribution is -0.102. The van der Waals surface area contributed by atoms with Crippen LogP contribution in [0, 0.1) is 0 Å². The van der Waals surface area contributed by atoms with Crippen molar-refractivity contribution in [1.29, 1.82) is 0 Å². The standard InChI is InChI=1S/C13H24N4OS2/c1-3-4-6-13(2,15)16-20-11-9-5-7-17(18)8-10(9)19-12(11)14/h16,18H,3-8,14-15H2,1-2H3. The lowest BCUT2D eigenvalue weighted by Crippen LogP contribution is -2.47. The van der Waals surface area contributed by atoms with Crippen molar-refractivity contribution in [3.63, 3.8) is 0 Å². The number of unbranched alkanes of at least 4 members (excludes halogenated alkanes) is 1. The van der Waals surface area contributed by atoms with Gasteiger partial charge in [0, 0.05) is 11.4 Å². The predicted octanol–water partition coefficient (Wildman–Crippen LogP) is 2.54. The minimum Gasteiger partial charge on any atom is -0.390 e. The molecule has 1 aliphatic rings. The molecule has 0 saturated carbocycles. The summed E-state index contributed by atoms with van der Waals surface area (Å²) >= 11 is 3.10. The predicted molar refractivity (Wildman–Crippen MR) is 85.7 cm³/mol. The highest BCUT2D eigenvalue weighted by atomic mass is 32.2. The maximum atomic E-state index is 9.57. The molecule has 1 unspecified atom stereocenters. The first-order chi connectivity index (χ1) is 9.43. The molecule has 114 valence electrons. The van der Waals surface area contributed by atoms with Crippen molar-refractivity contribution in [1.82, 2.24) is 9.79 Å². The van der Waals surface area contributed by atoms with Gasteiger partial charge in [0.15, 0.2) is 0 Å². The number of fused-ring (bicyclic) bond motifs is 1. The van der Waals surface area contributed by atoms with Crippen LogP contribution in [0.5, 0.6) is 0 Å². The van der Waals surface area contributed by atoms with Crippen LogP contribution in [0.15, 0.2) is 4.90 Å². The Labute approximate surface area is 128 Å². The summed E-state index contributed by atoms with van der Waals surface area (Å²) in [6, 6.07) is 0. The zero-order valence-corrected chi connectivity index (χ0v) is 13.7. The Kier molecular flexibility index (Phi) is 5.33. The molecule has 1 aromatic rings. The zero-order chi connectivity index (χ0) is 14.8. The molecule has 1 aromatic heterocycles. The third-order valence-electron chi connectivity index (χ3n) is 3.45. The van der Waals surface area contributed by atoms with Crippen LogP contribution in [0.3, 0.4) is 0 Å².